The van der Waals surface area contributed by atoms with Crippen LogP contribution in [-0.2, 0) is 23.8 Å². The molecule has 0 aromatic heterocycles. The highest BCUT2D eigenvalue weighted by molar-refractivity contribution is 5.84. The first-order valence-electron chi connectivity index (χ1n) is 8.46. The largest absolute Gasteiger partial charge is 0.469 e. The number of rotatable bonds is 2. The van der Waals surface area contributed by atoms with Crippen molar-refractivity contribution in [2.45, 2.75) is 45.0 Å². The second-order valence-electron chi connectivity index (χ2n) is 8.28. The predicted molar refractivity (Wildman–Crippen MR) is 81.2 cm³/mol. The lowest BCUT2D eigenvalue weighted by atomic mass is 9.65. The van der Waals surface area contributed by atoms with Gasteiger partial charge in [0, 0.05) is 0 Å². The molecule has 5 heteroatoms. The molecule has 0 radical (unpaired) electrons. The molecule has 23 heavy (non-hydrogen) atoms. The van der Waals surface area contributed by atoms with Gasteiger partial charge in [-0.2, -0.15) is 0 Å². The molecule has 1 saturated carbocycles. The van der Waals surface area contributed by atoms with Gasteiger partial charge in [0.15, 0.2) is 0 Å². The highest BCUT2D eigenvalue weighted by Crippen LogP contribution is 2.63. The fourth-order valence-electron chi connectivity index (χ4n) is 5.31. The molecule has 126 valence electrons. The van der Waals surface area contributed by atoms with Gasteiger partial charge in [0.05, 0.1) is 31.2 Å². The summed E-state index contributed by atoms with van der Waals surface area (Å²) in [6.45, 7) is 5.53. The van der Waals surface area contributed by atoms with Gasteiger partial charge in [-0.05, 0) is 50.9 Å². The minimum Gasteiger partial charge on any atom is -0.469 e. The zero-order valence-electron chi connectivity index (χ0n) is 14.0. The van der Waals surface area contributed by atoms with Gasteiger partial charge in [-0.3, -0.25) is 9.59 Å². The second-order valence-corrected chi connectivity index (χ2v) is 8.28. The fourth-order valence-corrected chi connectivity index (χ4v) is 5.31. The highest BCUT2D eigenvalue weighted by atomic mass is 16.6. The topological polar surface area (TPSA) is 61.8 Å². The molecule has 8 unspecified atom stereocenters. The minimum absolute atomic E-state index is 0.213. The van der Waals surface area contributed by atoms with Crippen LogP contribution in [0.4, 0.5) is 0 Å². The average Bonchev–Trinajstić information content (AvgIpc) is 3.20. The zero-order valence-corrected chi connectivity index (χ0v) is 14.0. The maximum absolute atomic E-state index is 12.7. The summed E-state index contributed by atoms with van der Waals surface area (Å²) in [5.41, 5.74) is -0.576. The molecule has 2 saturated heterocycles. The Balaban J connectivity index is 1.66. The van der Waals surface area contributed by atoms with Crippen LogP contribution in [0.15, 0.2) is 12.2 Å². The standard InChI is InChI=1S/C18H24O5/c1-18(2,3)23-17(20)13-12(16(19)21-4)14-10-8-5-6-9(7-8)11(10)15(13)22-14/h5-6,8-15H,7H2,1-4H3. The van der Waals surface area contributed by atoms with Crippen LogP contribution in [-0.4, -0.2) is 36.9 Å². The molecule has 8 atom stereocenters. The monoisotopic (exact) mass is 320 g/mol. The first-order valence-corrected chi connectivity index (χ1v) is 8.46. The zero-order chi connectivity index (χ0) is 16.5. The van der Waals surface area contributed by atoms with Gasteiger partial charge in [-0.15, -0.1) is 0 Å². The summed E-state index contributed by atoms with van der Waals surface area (Å²) in [5.74, 6) is -0.111. The molecule has 0 N–H and O–H groups in total. The van der Waals surface area contributed by atoms with E-state index >= 15 is 0 Å². The number of methoxy groups -OCH3 is 1. The predicted octanol–water partition coefficient (Wildman–Crippen LogP) is 1.95. The summed E-state index contributed by atoms with van der Waals surface area (Å²) in [6, 6.07) is 0. The van der Waals surface area contributed by atoms with E-state index in [0.717, 1.165) is 6.42 Å². The Morgan fingerprint density at radius 2 is 1.52 bits per heavy atom. The lowest BCUT2D eigenvalue weighted by Gasteiger charge is -2.37. The molecule has 4 bridgehead atoms. The van der Waals surface area contributed by atoms with Crippen LogP contribution >= 0.6 is 0 Å². The Kier molecular flexibility index (Phi) is 3.18. The summed E-state index contributed by atoms with van der Waals surface area (Å²) in [4.78, 5) is 25.1. The van der Waals surface area contributed by atoms with Crippen LogP contribution in [0.1, 0.15) is 27.2 Å². The van der Waals surface area contributed by atoms with E-state index in [2.05, 4.69) is 12.2 Å². The molecule has 5 nitrogen and oxygen atoms in total. The molecule has 4 aliphatic rings. The molecule has 3 fully saturated rings. The van der Waals surface area contributed by atoms with Crippen molar-refractivity contribution < 1.29 is 23.8 Å². The summed E-state index contributed by atoms with van der Waals surface area (Å²) in [7, 11) is 1.37. The number of ether oxygens (including phenoxy) is 3. The third-order valence-corrected chi connectivity index (χ3v) is 5.90. The first-order chi connectivity index (χ1) is 10.8. The van der Waals surface area contributed by atoms with Crippen LogP contribution in [0, 0.1) is 35.5 Å². The molecular formula is C18H24O5. The van der Waals surface area contributed by atoms with E-state index in [-0.39, 0.29) is 24.1 Å². The fraction of sp³-hybridized carbons (Fsp3) is 0.778. The van der Waals surface area contributed by atoms with Crippen molar-refractivity contribution in [1.29, 1.82) is 0 Å². The van der Waals surface area contributed by atoms with Crippen molar-refractivity contribution in [3.05, 3.63) is 12.2 Å². The smallest absolute Gasteiger partial charge is 0.313 e. The molecule has 0 spiro atoms. The lowest BCUT2D eigenvalue weighted by Crippen LogP contribution is -2.49. The molecule has 2 heterocycles. The maximum atomic E-state index is 12.7. The van der Waals surface area contributed by atoms with Gasteiger partial charge < -0.3 is 14.2 Å². The van der Waals surface area contributed by atoms with E-state index in [1.165, 1.54) is 7.11 Å². The SMILES string of the molecule is COC(=O)C1C2OC(C1C(=O)OC(C)(C)C)C1C3C=CC(C3)C21. The van der Waals surface area contributed by atoms with Crippen molar-refractivity contribution in [3.63, 3.8) is 0 Å². The number of fused-ring (bicyclic) bond motifs is 9. The van der Waals surface area contributed by atoms with Crippen molar-refractivity contribution in [2.75, 3.05) is 7.11 Å². The summed E-state index contributed by atoms with van der Waals surface area (Å²) in [5, 5.41) is 0. The number of hydrogen-bond donors (Lipinski definition) is 0. The van der Waals surface area contributed by atoms with Gasteiger partial charge in [0.2, 0.25) is 0 Å². The van der Waals surface area contributed by atoms with Crippen LogP contribution in [0.3, 0.4) is 0 Å². The third-order valence-electron chi connectivity index (χ3n) is 5.90. The Labute approximate surface area is 136 Å². The van der Waals surface area contributed by atoms with Crippen LogP contribution < -0.4 is 0 Å². The number of hydrogen-bond acceptors (Lipinski definition) is 5. The highest BCUT2D eigenvalue weighted by Gasteiger charge is 2.70. The molecule has 2 aliphatic heterocycles. The van der Waals surface area contributed by atoms with Gasteiger partial charge >= 0.3 is 11.9 Å². The van der Waals surface area contributed by atoms with Gasteiger partial charge in [-0.1, -0.05) is 12.2 Å². The van der Waals surface area contributed by atoms with Crippen molar-refractivity contribution in [3.8, 4) is 0 Å². The van der Waals surface area contributed by atoms with Crippen molar-refractivity contribution in [2.24, 2.45) is 35.5 Å². The van der Waals surface area contributed by atoms with E-state index < -0.39 is 17.4 Å². The maximum Gasteiger partial charge on any atom is 0.313 e. The average molecular weight is 320 g/mol. The Morgan fingerprint density at radius 1 is 1.00 bits per heavy atom. The Bertz CT molecular complexity index is 574. The third kappa shape index (κ3) is 2.09. The number of allylic oxidation sites excluding steroid dienone is 2. The van der Waals surface area contributed by atoms with E-state index in [9.17, 15) is 9.59 Å². The normalized spacial score (nSPS) is 46.1. The molecule has 0 aromatic rings. The van der Waals surface area contributed by atoms with E-state index in [1.807, 2.05) is 20.8 Å². The van der Waals surface area contributed by atoms with E-state index in [4.69, 9.17) is 14.2 Å². The molecule has 0 amide bonds. The van der Waals surface area contributed by atoms with Crippen molar-refractivity contribution >= 4 is 11.9 Å². The minimum atomic E-state index is -0.576. The summed E-state index contributed by atoms with van der Waals surface area (Å²) >= 11 is 0. The second kappa shape index (κ2) is 4.82. The van der Waals surface area contributed by atoms with Gasteiger partial charge in [-0.25, -0.2) is 0 Å². The first kappa shape index (κ1) is 15.2. The molecule has 0 aromatic carbocycles. The number of carbonyl (C=O) groups excluding carboxylic acids is 2. The number of carbonyl (C=O) groups is 2. The molecule has 4 rings (SSSR count). The van der Waals surface area contributed by atoms with E-state index in [0.29, 0.717) is 23.7 Å². The van der Waals surface area contributed by atoms with E-state index in [1.54, 1.807) is 0 Å². The molecule has 2 aliphatic carbocycles. The quantitative estimate of drug-likeness (QED) is 0.575. The van der Waals surface area contributed by atoms with Crippen LogP contribution in [0.25, 0.3) is 0 Å². The summed E-state index contributed by atoms with van der Waals surface area (Å²) < 4.78 is 16.7. The summed E-state index contributed by atoms with van der Waals surface area (Å²) in [6.07, 6.45) is 5.21. The van der Waals surface area contributed by atoms with Crippen LogP contribution in [0.5, 0.6) is 0 Å². The molecular weight excluding hydrogens is 296 g/mol. The number of esters is 2. The Hall–Kier alpha value is -1.36. The van der Waals surface area contributed by atoms with Crippen molar-refractivity contribution in [1.82, 2.24) is 0 Å². The van der Waals surface area contributed by atoms with Crippen LogP contribution in [0.2, 0.25) is 0 Å². The lowest BCUT2D eigenvalue weighted by molar-refractivity contribution is -0.169. The van der Waals surface area contributed by atoms with Gasteiger partial charge in [0.25, 0.3) is 0 Å². The van der Waals surface area contributed by atoms with Gasteiger partial charge in [0.1, 0.15) is 5.60 Å². The Morgan fingerprint density at radius 3 is 2.00 bits per heavy atom.